The van der Waals surface area contributed by atoms with Crippen LogP contribution in [0.15, 0.2) is 23.1 Å². The first kappa shape index (κ1) is 16.7. The van der Waals surface area contributed by atoms with Gasteiger partial charge in [-0.05, 0) is 39.1 Å². The molecule has 0 fully saturated rings. The fourth-order valence-electron chi connectivity index (χ4n) is 1.88. The van der Waals surface area contributed by atoms with Crippen LogP contribution in [0.1, 0.15) is 13.8 Å². The van der Waals surface area contributed by atoms with Crippen molar-refractivity contribution in [1.29, 1.82) is 0 Å². The maximum Gasteiger partial charge on any atom is 0.242 e. The summed E-state index contributed by atoms with van der Waals surface area (Å²) in [6.45, 7) is 6.82. The summed E-state index contributed by atoms with van der Waals surface area (Å²) >= 11 is 0. The first-order valence-electron chi connectivity index (χ1n) is 6.62. The summed E-state index contributed by atoms with van der Waals surface area (Å²) in [5.74, 6) is 0. The first-order chi connectivity index (χ1) is 9.46. The quantitative estimate of drug-likeness (QED) is 0.553. The van der Waals surface area contributed by atoms with Gasteiger partial charge in [0, 0.05) is 25.4 Å². The molecule has 0 aliphatic rings. The average molecular weight is 301 g/mol. The number of nitrogens with zero attached hydrogens (tertiary/aromatic N) is 1. The van der Waals surface area contributed by atoms with E-state index in [1.807, 2.05) is 13.8 Å². The molecule has 0 bridgehead atoms. The van der Waals surface area contributed by atoms with Gasteiger partial charge in [-0.3, -0.25) is 0 Å². The third-order valence-corrected chi connectivity index (χ3v) is 4.50. The Hall–Kier alpha value is -1.31. The summed E-state index contributed by atoms with van der Waals surface area (Å²) in [5.41, 5.74) is 6.98. The fraction of sp³-hybridized carbons (Fsp3) is 0.538. The fourth-order valence-corrected chi connectivity index (χ4v) is 2.71. The normalized spacial score (nSPS) is 11.6. The van der Waals surface area contributed by atoms with Crippen molar-refractivity contribution < 1.29 is 13.2 Å². The van der Waals surface area contributed by atoms with Gasteiger partial charge in [0.2, 0.25) is 10.0 Å². The van der Waals surface area contributed by atoms with E-state index >= 15 is 0 Å². The zero-order chi connectivity index (χ0) is 15.2. The number of hydrogen-bond acceptors (Lipinski definition) is 5. The molecule has 114 valence electrons. The van der Waals surface area contributed by atoms with Crippen molar-refractivity contribution in [2.75, 3.05) is 44.0 Å². The molecule has 6 nitrogen and oxygen atoms in total. The van der Waals surface area contributed by atoms with Crippen molar-refractivity contribution in [1.82, 2.24) is 4.72 Å². The van der Waals surface area contributed by atoms with Crippen LogP contribution in [0, 0.1) is 0 Å². The van der Waals surface area contributed by atoms with E-state index in [0.29, 0.717) is 13.2 Å². The highest BCUT2D eigenvalue weighted by molar-refractivity contribution is 7.89. The van der Waals surface area contributed by atoms with Gasteiger partial charge in [0.15, 0.2) is 0 Å². The highest BCUT2D eigenvalue weighted by Gasteiger charge is 2.16. The maximum absolute atomic E-state index is 11.8. The zero-order valence-electron chi connectivity index (χ0n) is 12.2. The summed E-state index contributed by atoms with van der Waals surface area (Å²) in [4.78, 5) is 2.19. The molecule has 0 aliphatic carbocycles. The van der Waals surface area contributed by atoms with Crippen molar-refractivity contribution in [2.24, 2.45) is 0 Å². The van der Waals surface area contributed by atoms with Crippen LogP contribution >= 0.6 is 0 Å². The molecule has 0 heterocycles. The molecule has 0 atom stereocenters. The lowest BCUT2D eigenvalue weighted by Gasteiger charge is -2.23. The molecule has 0 aliphatic heterocycles. The Morgan fingerprint density at radius 2 is 2.05 bits per heavy atom. The van der Waals surface area contributed by atoms with Gasteiger partial charge >= 0.3 is 0 Å². The van der Waals surface area contributed by atoms with Gasteiger partial charge in [-0.15, -0.1) is 0 Å². The van der Waals surface area contributed by atoms with Crippen LogP contribution in [0.5, 0.6) is 0 Å². The van der Waals surface area contributed by atoms with Gasteiger partial charge in [-0.25, -0.2) is 13.1 Å². The van der Waals surface area contributed by atoms with Gasteiger partial charge in [0.05, 0.1) is 12.3 Å². The van der Waals surface area contributed by atoms with Crippen molar-refractivity contribution in [3.05, 3.63) is 18.2 Å². The summed E-state index contributed by atoms with van der Waals surface area (Å²) in [6, 6.07) is 4.97. The van der Waals surface area contributed by atoms with Gasteiger partial charge < -0.3 is 15.4 Å². The predicted octanol–water partition coefficient (Wildman–Crippen LogP) is 1.04. The Kier molecular flexibility index (Phi) is 6.25. The summed E-state index contributed by atoms with van der Waals surface area (Å²) in [6.07, 6.45) is 0. The minimum absolute atomic E-state index is 0.101. The number of nitrogens with two attached hydrogens (primary N) is 1. The van der Waals surface area contributed by atoms with E-state index in [1.54, 1.807) is 12.1 Å². The van der Waals surface area contributed by atoms with Crippen molar-refractivity contribution >= 4 is 21.4 Å². The number of ether oxygens (including phenoxy) is 1. The molecule has 20 heavy (non-hydrogen) atoms. The van der Waals surface area contributed by atoms with Crippen LogP contribution in [0.4, 0.5) is 11.4 Å². The highest BCUT2D eigenvalue weighted by atomic mass is 32.2. The number of nitrogens with one attached hydrogen (secondary N) is 1. The van der Waals surface area contributed by atoms with E-state index in [-0.39, 0.29) is 10.6 Å². The number of nitrogen functional groups attached to an aromatic ring is 1. The van der Waals surface area contributed by atoms with E-state index in [9.17, 15) is 8.42 Å². The van der Waals surface area contributed by atoms with Crippen molar-refractivity contribution in [3.8, 4) is 0 Å². The maximum atomic E-state index is 11.8. The molecule has 1 rings (SSSR count). The SMILES string of the molecule is CCOCCN(CC)c1ccc(S(=O)(=O)NC)c(N)c1. The number of benzene rings is 1. The summed E-state index contributed by atoms with van der Waals surface area (Å²) < 4.78 is 31.1. The summed E-state index contributed by atoms with van der Waals surface area (Å²) in [7, 11) is -2.15. The molecule has 3 N–H and O–H groups in total. The third kappa shape index (κ3) is 4.09. The third-order valence-electron chi connectivity index (χ3n) is 3.01. The Morgan fingerprint density at radius 3 is 2.55 bits per heavy atom. The molecular weight excluding hydrogens is 278 g/mol. The molecule has 1 aromatic rings. The number of anilines is 2. The Balaban J connectivity index is 2.95. The molecule has 0 radical (unpaired) electrons. The van der Waals surface area contributed by atoms with Gasteiger partial charge in [-0.1, -0.05) is 0 Å². The smallest absolute Gasteiger partial charge is 0.242 e. The second kappa shape index (κ2) is 7.47. The molecule has 0 amide bonds. The average Bonchev–Trinajstić information content (AvgIpc) is 2.43. The monoisotopic (exact) mass is 301 g/mol. The van der Waals surface area contributed by atoms with E-state index in [4.69, 9.17) is 10.5 Å². The highest BCUT2D eigenvalue weighted by Crippen LogP contribution is 2.24. The molecule has 0 aromatic heterocycles. The number of hydrogen-bond donors (Lipinski definition) is 2. The molecule has 0 unspecified atom stereocenters. The van der Waals surface area contributed by atoms with Gasteiger partial charge in [0.1, 0.15) is 4.90 Å². The lowest BCUT2D eigenvalue weighted by molar-refractivity contribution is 0.154. The Bertz CT molecular complexity index is 532. The van der Waals surface area contributed by atoms with Crippen LogP contribution in [0.3, 0.4) is 0 Å². The van der Waals surface area contributed by atoms with Crippen LogP contribution in [0.25, 0.3) is 0 Å². The second-order valence-electron chi connectivity index (χ2n) is 4.21. The van der Waals surface area contributed by atoms with E-state index < -0.39 is 10.0 Å². The number of rotatable bonds is 8. The minimum Gasteiger partial charge on any atom is -0.398 e. The van der Waals surface area contributed by atoms with Crippen LogP contribution in [-0.2, 0) is 14.8 Å². The van der Waals surface area contributed by atoms with E-state index in [2.05, 4.69) is 9.62 Å². The molecule has 1 aromatic carbocycles. The number of sulfonamides is 1. The zero-order valence-corrected chi connectivity index (χ0v) is 13.0. The van der Waals surface area contributed by atoms with E-state index in [0.717, 1.165) is 18.8 Å². The standard InChI is InChI=1S/C13H23N3O3S/c1-4-16(8-9-19-5-2)11-6-7-13(12(14)10-11)20(17,18)15-3/h6-7,10,15H,4-5,8-9,14H2,1-3H3. The Morgan fingerprint density at radius 1 is 1.35 bits per heavy atom. The molecule has 0 spiro atoms. The second-order valence-corrected chi connectivity index (χ2v) is 6.06. The van der Waals surface area contributed by atoms with Crippen molar-refractivity contribution in [2.45, 2.75) is 18.7 Å². The van der Waals surface area contributed by atoms with Crippen LogP contribution in [0.2, 0.25) is 0 Å². The largest absolute Gasteiger partial charge is 0.398 e. The molecule has 0 saturated carbocycles. The predicted molar refractivity (Wildman–Crippen MR) is 81.5 cm³/mol. The Labute approximate surface area is 121 Å². The lowest BCUT2D eigenvalue weighted by atomic mass is 10.2. The van der Waals surface area contributed by atoms with Gasteiger partial charge in [0.25, 0.3) is 0 Å². The van der Waals surface area contributed by atoms with Crippen molar-refractivity contribution in [3.63, 3.8) is 0 Å². The van der Waals surface area contributed by atoms with Gasteiger partial charge in [-0.2, -0.15) is 0 Å². The summed E-state index contributed by atoms with van der Waals surface area (Å²) in [5, 5.41) is 0. The minimum atomic E-state index is -3.52. The molecule has 0 saturated heterocycles. The molecular formula is C13H23N3O3S. The topological polar surface area (TPSA) is 84.7 Å². The first-order valence-corrected chi connectivity index (χ1v) is 8.10. The van der Waals surface area contributed by atoms with Crippen LogP contribution in [-0.4, -0.2) is 41.8 Å². The van der Waals surface area contributed by atoms with Crippen LogP contribution < -0.4 is 15.4 Å². The van der Waals surface area contributed by atoms with E-state index in [1.165, 1.54) is 13.1 Å². The molecule has 7 heteroatoms. The number of likely N-dealkylation sites (N-methyl/N-ethyl adjacent to an activating group) is 1. The lowest BCUT2D eigenvalue weighted by Crippen LogP contribution is -2.27.